The summed E-state index contributed by atoms with van der Waals surface area (Å²) in [7, 11) is 0. The zero-order valence-corrected chi connectivity index (χ0v) is 12.4. The van der Waals surface area contributed by atoms with E-state index in [2.05, 4.69) is 26.3 Å². The van der Waals surface area contributed by atoms with E-state index in [1.54, 1.807) is 11.3 Å². The number of aromatic nitrogens is 1. The minimum absolute atomic E-state index is 0.0722. The van der Waals surface area contributed by atoms with Crippen LogP contribution in [0.4, 0.5) is 5.13 Å². The first kappa shape index (κ1) is 11.9. The van der Waals surface area contributed by atoms with Gasteiger partial charge in [0.1, 0.15) is 5.60 Å². The molecule has 1 aromatic heterocycles. The lowest BCUT2D eigenvalue weighted by Gasteiger charge is -2.31. The topological polar surface area (TPSA) is 49.8 Å². The molecule has 1 spiro atoms. The summed E-state index contributed by atoms with van der Waals surface area (Å²) in [6.07, 6.45) is 1.24. The number of benzene rings is 1. The molecule has 3 atom stereocenters. The van der Waals surface area contributed by atoms with Gasteiger partial charge < -0.3 is 4.74 Å². The van der Waals surface area contributed by atoms with E-state index in [1.807, 2.05) is 18.2 Å². The number of para-hydroxylation sites is 1. The van der Waals surface area contributed by atoms with Crippen LogP contribution in [0.3, 0.4) is 0 Å². The molecule has 21 heavy (non-hydrogen) atoms. The number of rotatable bonds is 1. The highest BCUT2D eigenvalue weighted by Crippen LogP contribution is 2.41. The standard InChI is InChI=1S/C15H16N4OS/c1-2-4-12-11(3-1)17-14(21-12)18-13-16-8-15(20-13)9-19-6-5-10(15)7-19/h1-4,10H,5-9H2,(H,16,17,18)/t10-,15-/m0/s1. The highest BCUT2D eigenvalue weighted by molar-refractivity contribution is 7.22. The van der Waals surface area contributed by atoms with E-state index in [9.17, 15) is 0 Å². The fraction of sp³-hybridized carbons (Fsp3) is 0.467. The number of hydrogen-bond donors (Lipinski definition) is 1. The molecule has 0 amide bonds. The van der Waals surface area contributed by atoms with E-state index in [0.717, 1.165) is 23.7 Å². The lowest BCUT2D eigenvalue weighted by molar-refractivity contribution is 0.0364. The third-order valence-corrected chi connectivity index (χ3v) is 5.76. The Morgan fingerprint density at radius 3 is 3.14 bits per heavy atom. The van der Waals surface area contributed by atoms with Gasteiger partial charge in [-0.25, -0.2) is 9.98 Å². The van der Waals surface area contributed by atoms with Gasteiger partial charge in [-0.05, 0) is 25.1 Å². The van der Waals surface area contributed by atoms with Gasteiger partial charge in [0, 0.05) is 19.0 Å². The second-order valence-electron chi connectivity index (χ2n) is 6.12. The quantitative estimate of drug-likeness (QED) is 0.877. The number of nitrogens with zero attached hydrogens (tertiary/aromatic N) is 3. The highest BCUT2D eigenvalue weighted by Gasteiger charge is 2.54. The third-order valence-electron chi connectivity index (χ3n) is 4.81. The molecule has 3 aliphatic heterocycles. The average molecular weight is 300 g/mol. The molecule has 0 aliphatic carbocycles. The maximum Gasteiger partial charge on any atom is 0.291 e. The van der Waals surface area contributed by atoms with Crippen LogP contribution in [-0.4, -0.2) is 47.7 Å². The number of hydrogen-bond acceptors (Lipinski definition) is 6. The summed E-state index contributed by atoms with van der Waals surface area (Å²) in [5.41, 5.74) is 0.946. The van der Waals surface area contributed by atoms with Crippen molar-refractivity contribution in [1.29, 1.82) is 0 Å². The summed E-state index contributed by atoms with van der Waals surface area (Å²) < 4.78 is 7.39. The summed E-state index contributed by atoms with van der Waals surface area (Å²) in [5.74, 6) is 0.635. The molecule has 4 heterocycles. The molecule has 1 N–H and O–H groups in total. The fourth-order valence-corrected chi connectivity index (χ4v) is 4.61. The summed E-state index contributed by atoms with van der Waals surface area (Å²) in [4.78, 5) is 11.6. The second kappa shape index (κ2) is 4.18. The number of ether oxygens (including phenoxy) is 1. The molecule has 2 saturated heterocycles. The molecule has 2 fully saturated rings. The molecule has 0 radical (unpaired) electrons. The highest BCUT2D eigenvalue weighted by atomic mass is 32.1. The van der Waals surface area contributed by atoms with E-state index >= 15 is 0 Å². The van der Waals surface area contributed by atoms with Crippen LogP contribution in [0.5, 0.6) is 0 Å². The zero-order valence-electron chi connectivity index (χ0n) is 11.6. The minimum atomic E-state index is -0.0722. The molecule has 6 heteroatoms. The molecule has 5 nitrogen and oxygen atoms in total. The van der Waals surface area contributed by atoms with Gasteiger partial charge in [0.05, 0.1) is 16.8 Å². The van der Waals surface area contributed by atoms with Crippen molar-refractivity contribution in [1.82, 2.24) is 9.88 Å². The summed E-state index contributed by atoms with van der Waals surface area (Å²) in [5, 5.41) is 4.11. The molecule has 2 bridgehead atoms. The molecule has 108 valence electrons. The van der Waals surface area contributed by atoms with Crippen LogP contribution in [0, 0.1) is 5.92 Å². The number of piperidine rings is 1. The van der Waals surface area contributed by atoms with Gasteiger partial charge in [0.25, 0.3) is 6.02 Å². The van der Waals surface area contributed by atoms with Gasteiger partial charge in [0.2, 0.25) is 0 Å². The van der Waals surface area contributed by atoms with Crippen molar-refractivity contribution in [2.45, 2.75) is 12.0 Å². The lowest BCUT2D eigenvalue weighted by Crippen LogP contribution is -2.46. The Morgan fingerprint density at radius 1 is 1.38 bits per heavy atom. The van der Waals surface area contributed by atoms with Gasteiger partial charge >= 0.3 is 0 Å². The van der Waals surface area contributed by atoms with Crippen LogP contribution in [-0.2, 0) is 4.74 Å². The van der Waals surface area contributed by atoms with Gasteiger partial charge in [-0.1, -0.05) is 23.5 Å². The molecule has 5 rings (SSSR count). The Balaban J connectivity index is 1.35. The van der Waals surface area contributed by atoms with Crippen molar-refractivity contribution in [3.63, 3.8) is 0 Å². The Labute approximate surface area is 126 Å². The van der Waals surface area contributed by atoms with Crippen molar-refractivity contribution in [3.8, 4) is 0 Å². The maximum atomic E-state index is 6.21. The van der Waals surface area contributed by atoms with Crippen molar-refractivity contribution in [3.05, 3.63) is 24.3 Å². The molecule has 3 aliphatic rings. The first-order valence-corrected chi connectivity index (χ1v) is 8.21. The fourth-order valence-electron chi connectivity index (χ4n) is 3.75. The zero-order chi connectivity index (χ0) is 13.9. The predicted octanol–water partition coefficient (Wildman–Crippen LogP) is 2.17. The second-order valence-corrected chi connectivity index (χ2v) is 7.15. The number of nitrogens with one attached hydrogen (secondary N) is 1. The summed E-state index contributed by atoms with van der Waals surface area (Å²) >= 11 is 1.64. The van der Waals surface area contributed by atoms with E-state index in [-0.39, 0.29) is 5.60 Å². The first-order chi connectivity index (χ1) is 10.3. The predicted molar refractivity (Wildman–Crippen MR) is 83.9 cm³/mol. The summed E-state index contributed by atoms with van der Waals surface area (Å²) in [6.45, 7) is 4.19. The Bertz CT molecular complexity index is 709. The van der Waals surface area contributed by atoms with Crippen LogP contribution in [0.15, 0.2) is 29.3 Å². The summed E-state index contributed by atoms with van der Waals surface area (Å²) in [6, 6.07) is 8.79. The number of amidine groups is 1. The van der Waals surface area contributed by atoms with E-state index < -0.39 is 0 Å². The normalized spacial score (nSPS) is 33.6. The molecular formula is C15H16N4OS. The van der Waals surface area contributed by atoms with Crippen molar-refractivity contribution in [2.24, 2.45) is 10.9 Å². The van der Waals surface area contributed by atoms with Crippen molar-refractivity contribution >= 4 is 32.7 Å². The van der Waals surface area contributed by atoms with Gasteiger partial charge in [-0.3, -0.25) is 10.2 Å². The van der Waals surface area contributed by atoms with Crippen LogP contribution >= 0.6 is 11.3 Å². The monoisotopic (exact) mass is 300 g/mol. The molecular weight excluding hydrogens is 284 g/mol. The molecule has 2 aromatic rings. The number of fused-ring (bicyclic) bond motifs is 4. The molecule has 1 unspecified atom stereocenters. The maximum absolute atomic E-state index is 6.21. The van der Waals surface area contributed by atoms with Crippen LogP contribution < -0.4 is 5.32 Å². The third kappa shape index (κ3) is 1.79. The molecule has 0 saturated carbocycles. The SMILES string of the molecule is c1ccc2sc(NC3=NC[C@@]4(CN5CC[C@H]4C5)O3)nc2c1. The minimum Gasteiger partial charge on any atom is -0.455 e. The van der Waals surface area contributed by atoms with Crippen LogP contribution in [0.25, 0.3) is 10.2 Å². The largest absolute Gasteiger partial charge is 0.455 e. The average Bonchev–Trinajstić information content (AvgIpc) is 3.23. The molecule has 1 aromatic carbocycles. The smallest absolute Gasteiger partial charge is 0.291 e. The van der Waals surface area contributed by atoms with Crippen LogP contribution in [0.2, 0.25) is 0 Å². The number of aliphatic imine (C=N–C) groups is 1. The number of thiazole rings is 1. The van der Waals surface area contributed by atoms with Gasteiger partial charge in [-0.2, -0.15) is 0 Å². The van der Waals surface area contributed by atoms with Crippen LogP contribution in [0.1, 0.15) is 6.42 Å². The Kier molecular flexibility index (Phi) is 2.37. The number of anilines is 1. The lowest BCUT2D eigenvalue weighted by atomic mass is 9.88. The van der Waals surface area contributed by atoms with E-state index in [0.29, 0.717) is 11.9 Å². The van der Waals surface area contributed by atoms with E-state index in [1.165, 1.54) is 24.2 Å². The Hall–Kier alpha value is -1.66. The van der Waals surface area contributed by atoms with Gasteiger partial charge in [0.15, 0.2) is 5.13 Å². The first-order valence-electron chi connectivity index (χ1n) is 7.39. The van der Waals surface area contributed by atoms with Crippen molar-refractivity contribution < 1.29 is 4.74 Å². The van der Waals surface area contributed by atoms with Gasteiger partial charge in [-0.15, -0.1) is 0 Å². The van der Waals surface area contributed by atoms with E-state index in [4.69, 9.17) is 4.74 Å². The van der Waals surface area contributed by atoms with Crippen molar-refractivity contribution in [2.75, 3.05) is 31.5 Å². The Morgan fingerprint density at radius 2 is 2.33 bits per heavy atom.